The molecule has 0 aliphatic rings. The quantitative estimate of drug-likeness (QED) is 0.370. The minimum absolute atomic E-state index is 0.348. The summed E-state index contributed by atoms with van der Waals surface area (Å²) < 4.78 is 18.1. The van der Waals surface area contributed by atoms with Gasteiger partial charge in [0.2, 0.25) is 5.75 Å². The molecule has 0 unspecified atom stereocenters. The van der Waals surface area contributed by atoms with Gasteiger partial charge in [-0.25, -0.2) is 0 Å². The normalized spacial score (nSPS) is 11.4. The van der Waals surface area contributed by atoms with E-state index in [4.69, 9.17) is 14.2 Å². The van der Waals surface area contributed by atoms with Crippen molar-refractivity contribution in [3.8, 4) is 38.9 Å². The number of thiazole rings is 1. The van der Waals surface area contributed by atoms with Crippen molar-refractivity contribution in [3.05, 3.63) is 82.7 Å². The SMILES string of the molecule is COc1cc(C(=O)N=c2sc(-c3ccccc3)c(-c3ccc(C)cc3)n2C)cc(OC)c1OC. The van der Waals surface area contributed by atoms with E-state index in [9.17, 15) is 4.79 Å². The number of rotatable bonds is 6. The Bertz CT molecular complexity index is 1360. The number of aryl methyl sites for hydroxylation is 1. The predicted molar refractivity (Wildman–Crippen MR) is 135 cm³/mol. The summed E-state index contributed by atoms with van der Waals surface area (Å²) in [6.07, 6.45) is 0. The molecule has 0 atom stereocenters. The summed E-state index contributed by atoms with van der Waals surface area (Å²) in [4.78, 5) is 19.3. The molecule has 174 valence electrons. The molecule has 0 aliphatic carbocycles. The summed E-state index contributed by atoms with van der Waals surface area (Å²) in [5, 5.41) is 0. The van der Waals surface area contributed by atoms with Crippen LogP contribution in [0.2, 0.25) is 0 Å². The number of nitrogens with zero attached hydrogens (tertiary/aromatic N) is 2. The molecule has 6 nitrogen and oxygen atoms in total. The highest BCUT2D eigenvalue weighted by atomic mass is 32.1. The molecular formula is C27H26N2O4S. The van der Waals surface area contributed by atoms with Crippen LogP contribution in [-0.4, -0.2) is 31.8 Å². The van der Waals surface area contributed by atoms with E-state index in [1.807, 2.05) is 29.8 Å². The summed E-state index contributed by atoms with van der Waals surface area (Å²) in [5.74, 6) is 0.838. The molecule has 3 aromatic carbocycles. The van der Waals surface area contributed by atoms with Crippen LogP contribution < -0.4 is 19.0 Å². The molecule has 0 bridgehead atoms. The van der Waals surface area contributed by atoms with Gasteiger partial charge in [-0.05, 0) is 30.2 Å². The van der Waals surface area contributed by atoms with Gasteiger partial charge >= 0.3 is 0 Å². The van der Waals surface area contributed by atoms with Gasteiger partial charge in [-0.15, -0.1) is 0 Å². The molecule has 7 heteroatoms. The van der Waals surface area contributed by atoms with Crippen LogP contribution in [0.3, 0.4) is 0 Å². The van der Waals surface area contributed by atoms with Crippen LogP contribution in [0.4, 0.5) is 0 Å². The number of aromatic nitrogens is 1. The molecule has 1 aromatic heterocycles. The summed E-state index contributed by atoms with van der Waals surface area (Å²) in [6.45, 7) is 2.06. The van der Waals surface area contributed by atoms with Crippen molar-refractivity contribution in [2.75, 3.05) is 21.3 Å². The number of benzene rings is 3. The standard InChI is InChI=1S/C27H26N2O4S/c1-17-11-13-18(14-12-17)23-25(19-9-7-6-8-10-19)34-27(29(23)2)28-26(30)20-15-21(31-3)24(33-5)22(16-20)32-4/h6-16H,1-5H3. The van der Waals surface area contributed by atoms with E-state index in [2.05, 4.69) is 48.3 Å². The van der Waals surface area contributed by atoms with Gasteiger partial charge in [-0.3, -0.25) is 4.79 Å². The molecule has 0 saturated heterocycles. The maximum absolute atomic E-state index is 13.2. The van der Waals surface area contributed by atoms with E-state index in [-0.39, 0.29) is 0 Å². The first kappa shape index (κ1) is 23.3. The maximum atomic E-state index is 13.2. The molecule has 0 radical (unpaired) electrons. The zero-order valence-electron chi connectivity index (χ0n) is 19.8. The van der Waals surface area contributed by atoms with Crippen molar-refractivity contribution >= 4 is 17.2 Å². The lowest BCUT2D eigenvalue weighted by molar-refractivity contribution is 0.0997. The van der Waals surface area contributed by atoms with Gasteiger partial charge in [0, 0.05) is 12.6 Å². The predicted octanol–water partition coefficient (Wildman–Crippen LogP) is 5.50. The van der Waals surface area contributed by atoms with E-state index in [1.165, 1.54) is 38.2 Å². The van der Waals surface area contributed by atoms with Gasteiger partial charge < -0.3 is 18.8 Å². The highest BCUT2D eigenvalue weighted by Gasteiger charge is 2.19. The monoisotopic (exact) mass is 474 g/mol. The molecule has 0 fully saturated rings. The Labute approximate surface area is 202 Å². The molecular weight excluding hydrogens is 448 g/mol. The van der Waals surface area contributed by atoms with Crippen molar-refractivity contribution < 1.29 is 19.0 Å². The third kappa shape index (κ3) is 4.47. The molecule has 4 rings (SSSR count). The van der Waals surface area contributed by atoms with E-state index in [0.717, 1.165) is 21.7 Å². The summed E-state index contributed by atoms with van der Waals surface area (Å²) in [5.41, 5.74) is 4.67. The largest absolute Gasteiger partial charge is 0.493 e. The average molecular weight is 475 g/mol. The first-order chi connectivity index (χ1) is 16.5. The molecule has 34 heavy (non-hydrogen) atoms. The highest BCUT2D eigenvalue weighted by molar-refractivity contribution is 7.13. The van der Waals surface area contributed by atoms with Crippen molar-refractivity contribution in [2.24, 2.45) is 12.0 Å². The van der Waals surface area contributed by atoms with Crippen LogP contribution in [-0.2, 0) is 7.05 Å². The maximum Gasteiger partial charge on any atom is 0.279 e. The van der Waals surface area contributed by atoms with Crippen LogP contribution in [0.15, 0.2) is 71.7 Å². The third-order valence-electron chi connectivity index (χ3n) is 5.50. The first-order valence-electron chi connectivity index (χ1n) is 10.7. The molecule has 0 spiro atoms. The minimum atomic E-state index is -0.397. The van der Waals surface area contributed by atoms with E-state index in [1.54, 1.807) is 12.1 Å². The lowest BCUT2D eigenvalue weighted by Crippen LogP contribution is -2.14. The lowest BCUT2D eigenvalue weighted by atomic mass is 10.1. The second-order valence-corrected chi connectivity index (χ2v) is 8.66. The Kier molecular flexibility index (Phi) is 6.84. The Hall–Kier alpha value is -3.84. The van der Waals surface area contributed by atoms with Gasteiger partial charge in [0.1, 0.15) is 0 Å². The minimum Gasteiger partial charge on any atom is -0.493 e. The number of hydrogen-bond donors (Lipinski definition) is 0. The zero-order valence-corrected chi connectivity index (χ0v) is 20.6. The smallest absolute Gasteiger partial charge is 0.279 e. The fourth-order valence-corrected chi connectivity index (χ4v) is 4.88. The van der Waals surface area contributed by atoms with E-state index in [0.29, 0.717) is 27.6 Å². The fourth-order valence-electron chi connectivity index (χ4n) is 3.73. The van der Waals surface area contributed by atoms with Crippen LogP contribution >= 0.6 is 11.3 Å². The number of methoxy groups -OCH3 is 3. The molecule has 1 amide bonds. The average Bonchev–Trinajstić information content (AvgIpc) is 3.19. The Morgan fingerprint density at radius 2 is 1.47 bits per heavy atom. The number of ether oxygens (including phenoxy) is 3. The van der Waals surface area contributed by atoms with Crippen molar-refractivity contribution in [2.45, 2.75) is 6.92 Å². The van der Waals surface area contributed by atoms with Gasteiger partial charge in [-0.1, -0.05) is 71.5 Å². The van der Waals surface area contributed by atoms with Crippen LogP contribution in [0.25, 0.3) is 21.7 Å². The van der Waals surface area contributed by atoms with Gasteiger partial charge in [0.05, 0.1) is 31.9 Å². The van der Waals surface area contributed by atoms with Gasteiger partial charge in [0.25, 0.3) is 5.91 Å². The fraction of sp³-hybridized carbons (Fsp3) is 0.185. The first-order valence-corrected chi connectivity index (χ1v) is 11.5. The summed E-state index contributed by atoms with van der Waals surface area (Å²) in [6, 6.07) is 21.7. The highest BCUT2D eigenvalue weighted by Crippen LogP contribution is 2.38. The summed E-state index contributed by atoms with van der Waals surface area (Å²) >= 11 is 1.48. The molecule has 0 aliphatic heterocycles. The van der Waals surface area contributed by atoms with Gasteiger partial charge in [-0.2, -0.15) is 4.99 Å². The van der Waals surface area contributed by atoms with Crippen molar-refractivity contribution in [1.29, 1.82) is 0 Å². The Morgan fingerprint density at radius 1 is 0.853 bits per heavy atom. The number of amides is 1. The topological polar surface area (TPSA) is 62.0 Å². The zero-order chi connectivity index (χ0) is 24.2. The second-order valence-electron chi connectivity index (χ2n) is 7.68. The van der Waals surface area contributed by atoms with Crippen molar-refractivity contribution in [1.82, 2.24) is 4.57 Å². The summed E-state index contributed by atoms with van der Waals surface area (Å²) in [7, 11) is 6.49. The molecule has 4 aromatic rings. The molecule has 0 N–H and O–H groups in total. The van der Waals surface area contributed by atoms with Gasteiger partial charge in [0.15, 0.2) is 16.3 Å². The lowest BCUT2D eigenvalue weighted by Gasteiger charge is -2.12. The molecule has 1 heterocycles. The van der Waals surface area contributed by atoms with Crippen LogP contribution in [0, 0.1) is 6.92 Å². The van der Waals surface area contributed by atoms with Crippen molar-refractivity contribution in [3.63, 3.8) is 0 Å². The molecule has 0 saturated carbocycles. The van der Waals surface area contributed by atoms with E-state index < -0.39 is 5.91 Å². The number of carbonyl (C=O) groups is 1. The third-order valence-corrected chi connectivity index (χ3v) is 6.68. The van der Waals surface area contributed by atoms with Crippen LogP contribution in [0.5, 0.6) is 17.2 Å². The van der Waals surface area contributed by atoms with Crippen LogP contribution in [0.1, 0.15) is 15.9 Å². The Morgan fingerprint density at radius 3 is 2.03 bits per heavy atom. The second kappa shape index (κ2) is 9.97. The number of carbonyl (C=O) groups excluding carboxylic acids is 1. The van der Waals surface area contributed by atoms with E-state index >= 15 is 0 Å². The Balaban J connectivity index is 1.88. The number of hydrogen-bond acceptors (Lipinski definition) is 5.